The maximum atomic E-state index is 12.7. The van der Waals surface area contributed by atoms with Gasteiger partial charge in [0.1, 0.15) is 11.9 Å². The number of amides is 1. The molecule has 43 heavy (non-hydrogen) atoms. The summed E-state index contributed by atoms with van der Waals surface area (Å²) in [5.74, 6) is 1.92. The Labute approximate surface area is 253 Å². The second-order valence-corrected chi connectivity index (χ2v) is 11.1. The van der Waals surface area contributed by atoms with Crippen LogP contribution in [0.25, 0.3) is 0 Å². The molecule has 2 aliphatic heterocycles. The van der Waals surface area contributed by atoms with E-state index in [0.29, 0.717) is 52.7 Å². The molecule has 3 aromatic rings. The van der Waals surface area contributed by atoms with E-state index in [4.69, 9.17) is 19.5 Å². The van der Waals surface area contributed by atoms with Gasteiger partial charge in [-0.1, -0.05) is 12.1 Å². The fourth-order valence-electron chi connectivity index (χ4n) is 6.18. The summed E-state index contributed by atoms with van der Waals surface area (Å²) in [4.78, 5) is 17.6. The van der Waals surface area contributed by atoms with Crippen LogP contribution >= 0.6 is 0 Å². The average molecular weight is 580 g/mol. The van der Waals surface area contributed by atoms with E-state index in [-0.39, 0.29) is 12.0 Å². The first kappa shape index (κ1) is 29.9. The summed E-state index contributed by atoms with van der Waals surface area (Å²) in [5, 5.41) is 21.2. The van der Waals surface area contributed by atoms with Gasteiger partial charge in [0.2, 0.25) is 5.91 Å². The van der Waals surface area contributed by atoms with Gasteiger partial charge < -0.3 is 19.5 Å². The molecular weight excluding hydrogens is 542 g/mol. The molecule has 2 heterocycles. The molecule has 3 aromatic carbocycles. The number of nitriles is 2. The quantitative estimate of drug-likeness (QED) is 0.314. The van der Waals surface area contributed by atoms with Crippen molar-refractivity contribution in [3.8, 4) is 29.4 Å². The zero-order valence-electron chi connectivity index (χ0n) is 24.7. The number of carbonyl (C=O) groups is 1. The van der Waals surface area contributed by atoms with Crippen LogP contribution in [-0.2, 0) is 4.79 Å². The Kier molecular flexibility index (Phi) is 9.78. The lowest BCUT2D eigenvalue weighted by atomic mass is 10.0. The molecule has 3 atom stereocenters. The Balaban J connectivity index is 1.17. The highest BCUT2D eigenvalue weighted by Crippen LogP contribution is 2.35. The minimum atomic E-state index is -0.185. The topological polar surface area (TPSA) is 111 Å². The average Bonchev–Trinajstić information content (AvgIpc) is 3.27. The molecule has 2 bridgehead atoms. The first-order valence-corrected chi connectivity index (χ1v) is 14.7. The van der Waals surface area contributed by atoms with Gasteiger partial charge >= 0.3 is 0 Å². The van der Waals surface area contributed by atoms with Crippen molar-refractivity contribution in [3.05, 3.63) is 83.4 Å². The number of fused-ring (bicyclic) bond motifs is 2. The zero-order valence-corrected chi connectivity index (χ0v) is 24.7. The van der Waals surface area contributed by atoms with Crippen LogP contribution in [0.3, 0.4) is 0 Å². The number of methoxy groups -OCH3 is 2. The largest absolute Gasteiger partial charge is 0.493 e. The highest BCUT2D eigenvalue weighted by molar-refractivity contribution is 5.92. The van der Waals surface area contributed by atoms with Crippen molar-refractivity contribution in [3.63, 3.8) is 0 Å². The molecule has 0 spiro atoms. The summed E-state index contributed by atoms with van der Waals surface area (Å²) >= 11 is 0. The lowest BCUT2D eigenvalue weighted by Crippen LogP contribution is -2.55. The van der Waals surface area contributed by atoms with Crippen LogP contribution in [0.2, 0.25) is 0 Å². The highest BCUT2D eigenvalue weighted by Gasteiger charge is 2.39. The van der Waals surface area contributed by atoms with Crippen molar-refractivity contribution >= 4 is 11.6 Å². The summed E-state index contributed by atoms with van der Waals surface area (Å²) in [6.45, 7) is 3.07. The van der Waals surface area contributed by atoms with E-state index in [9.17, 15) is 10.1 Å². The number of piperazine rings is 1. The van der Waals surface area contributed by atoms with Gasteiger partial charge in [0.05, 0.1) is 44.0 Å². The van der Waals surface area contributed by atoms with Gasteiger partial charge in [-0.05, 0) is 86.3 Å². The zero-order chi connectivity index (χ0) is 30.2. The van der Waals surface area contributed by atoms with E-state index in [2.05, 4.69) is 27.3 Å². The molecule has 222 valence electrons. The predicted octanol–water partition coefficient (Wildman–Crippen LogP) is 5.13. The van der Waals surface area contributed by atoms with Gasteiger partial charge in [0.15, 0.2) is 11.5 Å². The Morgan fingerprint density at radius 1 is 0.907 bits per heavy atom. The van der Waals surface area contributed by atoms with E-state index in [1.165, 1.54) is 0 Å². The standard InChI is InChI=1S/C34H37N5O4/c1-41-32-16-15-30(18-33(32)42-2)43-31(26-9-5-24(19-35)6-10-26)4-3-17-39-28-13-14-29(39)22-38(21-28)23-34(40)37-27-11-7-25(20-36)8-12-27/h5-12,15-16,18,28-29,31H,3-4,13-14,17,21-23H2,1-2H3,(H,37,40). The van der Waals surface area contributed by atoms with E-state index in [0.717, 1.165) is 50.9 Å². The molecule has 0 aromatic heterocycles. The van der Waals surface area contributed by atoms with Gasteiger partial charge in [0.25, 0.3) is 0 Å². The fraction of sp³-hybridized carbons (Fsp3) is 0.382. The molecule has 3 unspecified atom stereocenters. The highest BCUT2D eigenvalue weighted by atomic mass is 16.5. The molecule has 2 saturated heterocycles. The van der Waals surface area contributed by atoms with Crippen molar-refractivity contribution in [2.24, 2.45) is 0 Å². The number of nitrogens with zero attached hydrogens (tertiary/aromatic N) is 4. The van der Waals surface area contributed by atoms with Crippen LogP contribution in [0.1, 0.15) is 48.5 Å². The summed E-state index contributed by atoms with van der Waals surface area (Å²) < 4.78 is 17.3. The first-order chi connectivity index (χ1) is 21.0. The molecule has 2 aliphatic rings. The first-order valence-electron chi connectivity index (χ1n) is 14.7. The third-order valence-corrected chi connectivity index (χ3v) is 8.30. The van der Waals surface area contributed by atoms with Crippen LogP contribution in [0, 0.1) is 22.7 Å². The monoisotopic (exact) mass is 579 g/mol. The Morgan fingerprint density at radius 2 is 1.53 bits per heavy atom. The lowest BCUT2D eigenvalue weighted by molar-refractivity contribution is -0.118. The molecule has 1 amide bonds. The van der Waals surface area contributed by atoms with Gasteiger partial charge in [-0.25, -0.2) is 0 Å². The van der Waals surface area contributed by atoms with Crippen molar-refractivity contribution < 1.29 is 19.0 Å². The van der Waals surface area contributed by atoms with Crippen molar-refractivity contribution in [2.45, 2.75) is 43.9 Å². The molecule has 1 N–H and O–H groups in total. The molecule has 0 radical (unpaired) electrons. The van der Waals surface area contributed by atoms with Gasteiger partial charge in [-0.15, -0.1) is 0 Å². The van der Waals surface area contributed by atoms with E-state index in [1.54, 1.807) is 38.5 Å². The Hall–Kier alpha value is -4.57. The normalized spacial score (nSPS) is 18.7. The number of ether oxygens (including phenoxy) is 3. The summed E-state index contributed by atoms with van der Waals surface area (Å²) in [5.41, 5.74) is 2.92. The van der Waals surface area contributed by atoms with Crippen molar-refractivity contribution in [1.29, 1.82) is 10.5 Å². The van der Waals surface area contributed by atoms with E-state index in [1.807, 2.05) is 42.5 Å². The molecule has 2 fully saturated rings. The molecule has 5 rings (SSSR count). The van der Waals surface area contributed by atoms with Gasteiger partial charge in [-0.2, -0.15) is 10.5 Å². The maximum Gasteiger partial charge on any atom is 0.238 e. The lowest BCUT2D eigenvalue weighted by Gasteiger charge is -2.41. The SMILES string of the molecule is COc1ccc(OC(CCCN2C3CCC2CN(CC(=O)Nc2ccc(C#N)cc2)C3)c2ccc(C#N)cc2)cc1OC. The third kappa shape index (κ3) is 7.45. The summed E-state index contributed by atoms with van der Waals surface area (Å²) in [7, 11) is 3.21. The predicted molar refractivity (Wildman–Crippen MR) is 163 cm³/mol. The Morgan fingerprint density at radius 3 is 2.14 bits per heavy atom. The van der Waals surface area contributed by atoms with Crippen molar-refractivity contribution in [1.82, 2.24) is 9.80 Å². The number of carbonyl (C=O) groups excluding carboxylic acids is 1. The number of likely N-dealkylation sites (tertiary alicyclic amines) is 1. The molecule has 0 aliphatic carbocycles. The van der Waals surface area contributed by atoms with Crippen LogP contribution in [-0.4, -0.2) is 68.2 Å². The second-order valence-electron chi connectivity index (χ2n) is 11.1. The fourth-order valence-corrected chi connectivity index (χ4v) is 6.18. The summed E-state index contributed by atoms with van der Waals surface area (Å²) in [6, 6.07) is 25.2. The number of rotatable bonds is 12. The van der Waals surface area contributed by atoms with E-state index >= 15 is 0 Å². The number of anilines is 1. The molecule has 0 saturated carbocycles. The number of benzene rings is 3. The minimum Gasteiger partial charge on any atom is -0.493 e. The minimum absolute atomic E-state index is 0.0323. The molecular formula is C34H37N5O4. The smallest absolute Gasteiger partial charge is 0.238 e. The number of hydrogen-bond donors (Lipinski definition) is 1. The van der Waals surface area contributed by atoms with Crippen LogP contribution in [0.15, 0.2) is 66.7 Å². The van der Waals surface area contributed by atoms with Crippen LogP contribution < -0.4 is 19.5 Å². The van der Waals surface area contributed by atoms with Crippen molar-refractivity contribution in [2.75, 3.05) is 45.7 Å². The Bertz CT molecular complexity index is 1460. The maximum absolute atomic E-state index is 12.7. The van der Waals surface area contributed by atoms with Crippen LogP contribution in [0.4, 0.5) is 5.69 Å². The second kappa shape index (κ2) is 14.1. The van der Waals surface area contributed by atoms with Crippen LogP contribution in [0.5, 0.6) is 17.2 Å². The molecule has 9 heteroatoms. The van der Waals surface area contributed by atoms with Gasteiger partial charge in [0, 0.05) is 36.9 Å². The summed E-state index contributed by atoms with van der Waals surface area (Å²) in [6.07, 6.45) is 3.85. The number of hydrogen-bond acceptors (Lipinski definition) is 8. The molecule has 9 nitrogen and oxygen atoms in total. The number of nitrogens with one attached hydrogen (secondary N) is 1. The third-order valence-electron chi connectivity index (χ3n) is 8.30. The van der Waals surface area contributed by atoms with E-state index < -0.39 is 0 Å². The van der Waals surface area contributed by atoms with Gasteiger partial charge in [-0.3, -0.25) is 14.6 Å².